The fourth-order valence-electron chi connectivity index (χ4n) is 4.97. The van der Waals surface area contributed by atoms with E-state index in [1.165, 1.54) is 0 Å². The van der Waals surface area contributed by atoms with Crippen molar-refractivity contribution in [3.8, 4) is 0 Å². The van der Waals surface area contributed by atoms with Gasteiger partial charge in [0.1, 0.15) is 11.6 Å². The van der Waals surface area contributed by atoms with Crippen molar-refractivity contribution in [3.63, 3.8) is 0 Å². The predicted molar refractivity (Wildman–Crippen MR) is 130 cm³/mol. The third kappa shape index (κ3) is 5.75. The van der Waals surface area contributed by atoms with Gasteiger partial charge in [0.2, 0.25) is 0 Å². The van der Waals surface area contributed by atoms with Gasteiger partial charge in [-0.25, -0.2) is 9.97 Å². The highest BCUT2D eigenvalue weighted by Gasteiger charge is 2.42. The molecule has 0 aromatic carbocycles. The number of carbonyl (C=O) groups is 1. The summed E-state index contributed by atoms with van der Waals surface area (Å²) in [5, 5.41) is 23.3. The molecule has 1 aliphatic carbocycles. The van der Waals surface area contributed by atoms with Crippen molar-refractivity contribution in [2.75, 3.05) is 5.32 Å². The van der Waals surface area contributed by atoms with E-state index in [0.717, 1.165) is 29.5 Å². The van der Waals surface area contributed by atoms with E-state index in [1.54, 1.807) is 19.2 Å². The van der Waals surface area contributed by atoms with E-state index in [9.17, 15) is 28.2 Å². The number of aliphatic imine (C=N–C) groups is 1. The van der Waals surface area contributed by atoms with Crippen LogP contribution in [0.15, 0.2) is 41.5 Å². The number of aryl methyl sites for hydroxylation is 1. The molecule has 0 spiro atoms. The summed E-state index contributed by atoms with van der Waals surface area (Å²) in [6.45, 7) is 3.63. The van der Waals surface area contributed by atoms with Gasteiger partial charge in [-0.3, -0.25) is 9.79 Å². The molecular formula is C26H29F3N4O3. The molecule has 3 heterocycles. The van der Waals surface area contributed by atoms with Gasteiger partial charge in [0.25, 0.3) is 0 Å². The maximum atomic E-state index is 13.0. The molecule has 1 saturated carbocycles. The number of nitrogens with zero attached hydrogens (tertiary/aromatic N) is 3. The Bertz CT molecular complexity index is 1190. The van der Waals surface area contributed by atoms with Gasteiger partial charge in [0.15, 0.2) is 0 Å². The Kier molecular flexibility index (Phi) is 7.17. The number of carboxylic acids is 1. The minimum atomic E-state index is -4.47. The number of aromatic nitrogens is 2. The predicted octanol–water partition coefficient (Wildman–Crippen LogP) is 5.42. The Balaban J connectivity index is 1.46. The maximum Gasteiger partial charge on any atom is 0.416 e. The average molecular weight is 503 g/mol. The zero-order chi connectivity index (χ0) is 26.1. The van der Waals surface area contributed by atoms with Crippen LogP contribution in [-0.2, 0) is 11.0 Å². The normalized spacial score (nSPS) is 24.1. The van der Waals surface area contributed by atoms with Gasteiger partial charge in [-0.2, -0.15) is 13.2 Å². The Hall–Kier alpha value is -3.27. The molecule has 3 N–H and O–H groups in total. The van der Waals surface area contributed by atoms with Crippen LogP contribution in [0.5, 0.6) is 0 Å². The summed E-state index contributed by atoms with van der Waals surface area (Å²) in [4.78, 5) is 24.3. The van der Waals surface area contributed by atoms with E-state index in [-0.39, 0.29) is 23.7 Å². The number of nitrogens with one attached hydrogen (secondary N) is 1. The summed E-state index contributed by atoms with van der Waals surface area (Å²) in [6, 6.07) is 5.06. The fourth-order valence-corrected chi connectivity index (χ4v) is 4.97. The molecule has 0 radical (unpaired) electrons. The van der Waals surface area contributed by atoms with Crippen molar-refractivity contribution >= 4 is 29.4 Å². The third-order valence-electron chi connectivity index (χ3n) is 7.14. The van der Waals surface area contributed by atoms with Gasteiger partial charge >= 0.3 is 12.1 Å². The number of halogens is 3. The van der Waals surface area contributed by atoms with Gasteiger partial charge in [-0.15, -0.1) is 0 Å². The molecular weight excluding hydrogens is 473 g/mol. The van der Waals surface area contributed by atoms with Crippen LogP contribution in [-0.4, -0.2) is 44.0 Å². The largest absolute Gasteiger partial charge is 0.481 e. The molecule has 36 heavy (non-hydrogen) atoms. The number of rotatable bonds is 6. The van der Waals surface area contributed by atoms with Crippen molar-refractivity contribution in [3.05, 3.63) is 53.4 Å². The number of carboxylic acid groups (broad SMARTS) is 1. The molecule has 0 bridgehead atoms. The Morgan fingerprint density at radius 3 is 2.44 bits per heavy atom. The molecule has 0 amide bonds. The van der Waals surface area contributed by atoms with Gasteiger partial charge in [-0.1, -0.05) is 6.08 Å². The van der Waals surface area contributed by atoms with Gasteiger partial charge in [0, 0.05) is 18.0 Å². The summed E-state index contributed by atoms with van der Waals surface area (Å²) in [5.74, 6) is -0.762. The van der Waals surface area contributed by atoms with Crippen molar-refractivity contribution < 1.29 is 28.2 Å². The fraction of sp³-hybridized carbons (Fsp3) is 0.462. The lowest BCUT2D eigenvalue weighted by Gasteiger charge is -2.41. The van der Waals surface area contributed by atoms with E-state index in [0.29, 0.717) is 43.6 Å². The second-order valence-corrected chi connectivity index (χ2v) is 9.77. The van der Waals surface area contributed by atoms with Gasteiger partial charge < -0.3 is 15.5 Å². The minimum absolute atomic E-state index is 0.0296. The molecule has 7 nitrogen and oxygen atoms in total. The van der Waals surface area contributed by atoms with Crippen LogP contribution in [0.2, 0.25) is 0 Å². The number of aliphatic carboxylic acids is 1. The Labute approximate surface area is 207 Å². The zero-order valence-electron chi connectivity index (χ0n) is 20.1. The number of anilines is 2. The van der Waals surface area contributed by atoms with Crippen LogP contribution in [0.25, 0.3) is 5.57 Å². The molecule has 2 aromatic heterocycles. The van der Waals surface area contributed by atoms with Crippen molar-refractivity contribution in [1.29, 1.82) is 0 Å². The van der Waals surface area contributed by atoms with Crippen LogP contribution in [0, 0.1) is 18.8 Å². The maximum absolute atomic E-state index is 13.0. The molecule has 1 aliphatic heterocycles. The number of pyridine rings is 2. The highest BCUT2D eigenvalue weighted by atomic mass is 19.4. The van der Waals surface area contributed by atoms with Crippen LogP contribution >= 0.6 is 0 Å². The van der Waals surface area contributed by atoms with Gasteiger partial charge in [0.05, 0.1) is 28.8 Å². The van der Waals surface area contributed by atoms with Crippen LogP contribution in [0.1, 0.15) is 55.8 Å². The van der Waals surface area contributed by atoms with Gasteiger partial charge in [-0.05, 0) is 81.7 Å². The Morgan fingerprint density at radius 1 is 1.11 bits per heavy atom. The summed E-state index contributed by atoms with van der Waals surface area (Å²) < 4.78 is 39.1. The smallest absolute Gasteiger partial charge is 0.416 e. The summed E-state index contributed by atoms with van der Waals surface area (Å²) in [6.07, 6.45) is 3.12. The first-order valence-corrected chi connectivity index (χ1v) is 11.9. The van der Waals surface area contributed by atoms with Crippen LogP contribution < -0.4 is 5.32 Å². The van der Waals surface area contributed by atoms with Crippen LogP contribution in [0.3, 0.4) is 0 Å². The SMILES string of the molecule is Cc1cc(Nc2cc(C(F)(F)F)ccn2)nc(C2=CCC(C(C)(O)C3CCC(C(=O)O)CC3)N=C2)c1. The molecule has 4 rings (SSSR count). The summed E-state index contributed by atoms with van der Waals surface area (Å²) in [5.41, 5.74) is 0.343. The molecule has 2 aromatic rings. The van der Waals surface area contributed by atoms with Crippen molar-refractivity contribution in [2.45, 2.75) is 63.8 Å². The molecule has 2 atom stereocenters. The first kappa shape index (κ1) is 25.8. The first-order valence-electron chi connectivity index (χ1n) is 11.9. The van der Waals surface area contributed by atoms with E-state index in [2.05, 4.69) is 20.3 Å². The quantitative estimate of drug-likeness (QED) is 0.487. The van der Waals surface area contributed by atoms with Crippen LogP contribution in [0.4, 0.5) is 24.8 Å². The standard InChI is InChI=1S/C26H29F3N4O3/c1-15-11-20(32-23(12-15)33-22-13-19(9-10-30-22)26(27,28)29)17-5-8-21(31-14-17)25(2,36)18-6-3-16(4-7-18)24(34)35/h5,9-14,16,18,21,36H,3-4,6-8H2,1-2H3,(H,34,35)(H,30,32,33). The Morgan fingerprint density at radius 2 is 1.83 bits per heavy atom. The summed E-state index contributed by atoms with van der Waals surface area (Å²) in [7, 11) is 0. The van der Waals surface area contributed by atoms with Crippen molar-refractivity contribution in [2.24, 2.45) is 16.8 Å². The molecule has 2 aliphatic rings. The highest BCUT2D eigenvalue weighted by Crippen LogP contribution is 2.40. The lowest BCUT2D eigenvalue weighted by Crippen LogP contribution is -2.47. The highest BCUT2D eigenvalue weighted by molar-refractivity contribution is 6.09. The molecule has 192 valence electrons. The molecule has 1 fully saturated rings. The topological polar surface area (TPSA) is 108 Å². The average Bonchev–Trinajstić information content (AvgIpc) is 2.83. The molecule has 2 unspecified atom stereocenters. The minimum Gasteiger partial charge on any atom is -0.481 e. The van der Waals surface area contributed by atoms with E-state index in [4.69, 9.17) is 0 Å². The number of hydrogen-bond donors (Lipinski definition) is 3. The second kappa shape index (κ2) is 10.0. The van der Waals surface area contributed by atoms with Crippen molar-refractivity contribution in [1.82, 2.24) is 9.97 Å². The van der Waals surface area contributed by atoms with E-state index in [1.807, 2.05) is 19.1 Å². The lowest BCUT2D eigenvalue weighted by atomic mass is 9.70. The number of dihydropyridines is 1. The molecule has 0 saturated heterocycles. The monoisotopic (exact) mass is 502 g/mol. The summed E-state index contributed by atoms with van der Waals surface area (Å²) >= 11 is 0. The number of aliphatic hydroxyl groups is 1. The van der Waals surface area contributed by atoms with E-state index >= 15 is 0 Å². The number of alkyl halides is 3. The third-order valence-corrected chi connectivity index (χ3v) is 7.14. The molecule has 10 heteroatoms. The number of hydrogen-bond acceptors (Lipinski definition) is 6. The first-order chi connectivity index (χ1) is 16.9. The zero-order valence-corrected chi connectivity index (χ0v) is 20.1. The number of allylic oxidation sites excluding steroid dienone is 1. The lowest BCUT2D eigenvalue weighted by molar-refractivity contribution is -0.144. The van der Waals surface area contributed by atoms with E-state index < -0.39 is 23.3 Å². The second-order valence-electron chi connectivity index (χ2n) is 9.77.